The minimum atomic E-state index is 0.749. The summed E-state index contributed by atoms with van der Waals surface area (Å²) in [5.41, 5.74) is 0. The Morgan fingerprint density at radius 3 is 2.40 bits per heavy atom. The molecular formula is C18H36N2. The minimum absolute atomic E-state index is 0.749. The Bertz CT molecular complexity index is 254. The molecule has 0 bridgehead atoms. The average Bonchev–Trinajstić information content (AvgIpc) is 2.67. The summed E-state index contributed by atoms with van der Waals surface area (Å²) >= 11 is 0. The molecule has 1 aliphatic heterocycles. The van der Waals surface area contributed by atoms with Gasteiger partial charge in [0.25, 0.3) is 0 Å². The van der Waals surface area contributed by atoms with Crippen molar-refractivity contribution in [3.63, 3.8) is 0 Å². The first-order chi connectivity index (χ1) is 9.85. The summed E-state index contributed by atoms with van der Waals surface area (Å²) in [7, 11) is 0. The lowest BCUT2D eigenvalue weighted by Crippen LogP contribution is -2.51. The number of nitrogens with one attached hydrogen (secondary N) is 1. The van der Waals surface area contributed by atoms with Gasteiger partial charge in [0.05, 0.1) is 0 Å². The molecule has 1 N–H and O–H groups in total. The highest BCUT2D eigenvalue weighted by molar-refractivity contribution is 4.87. The Morgan fingerprint density at radius 1 is 0.850 bits per heavy atom. The number of rotatable bonds is 4. The first-order valence-electron chi connectivity index (χ1n) is 9.32. The lowest BCUT2D eigenvalue weighted by atomic mass is 9.91. The second-order valence-electron chi connectivity index (χ2n) is 6.96. The van der Waals surface area contributed by atoms with Crippen LogP contribution >= 0.6 is 0 Å². The smallest absolute Gasteiger partial charge is 0.0249 e. The van der Waals surface area contributed by atoms with Crippen molar-refractivity contribution in [1.29, 1.82) is 0 Å². The van der Waals surface area contributed by atoms with E-state index in [9.17, 15) is 0 Å². The Morgan fingerprint density at radius 2 is 1.65 bits per heavy atom. The molecule has 0 amide bonds. The summed E-state index contributed by atoms with van der Waals surface area (Å²) in [5.74, 6) is 0.992. The highest BCUT2D eigenvalue weighted by atomic mass is 15.2. The van der Waals surface area contributed by atoms with E-state index in [2.05, 4.69) is 24.1 Å². The van der Waals surface area contributed by atoms with Gasteiger partial charge < -0.3 is 5.32 Å². The number of hydrogen-bond acceptors (Lipinski definition) is 2. The SMILES string of the molecule is CCNC1CCCCCCC1N1CCCC(CC)CC1. The quantitative estimate of drug-likeness (QED) is 0.830. The molecule has 1 heterocycles. The fourth-order valence-corrected chi connectivity index (χ4v) is 4.33. The Balaban J connectivity index is 1.96. The summed E-state index contributed by atoms with van der Waals surface area (Å²) < 4.78 is 0. The maximum absolute atomic E-state index is 3.80. The monoisotopic (exact) mass is 280 g/mol. The van der Waals surface area contributed by atoms with E-state index in [-0.39, 0.29) is 0 Å². The second kappa shape index (κ2) is 9.04. The van der Waals surface area contributed by atoms with E-state index in [1.165, 1.54) is 77.3 Å². The summed E-state index contributed by atoms with van der Waals surface area (Å²) in [6.45, 7) is 8.48. The van der Waals surface area contributed by atoms with E-state index in [0.717, 1.165) is 24.5 Å². The number of nitrogens with zero attached hydrogens (tertiary/aromatic N) is 1. The Hall–Kier alpha value is -0.0800. The molecule has 2 heteroatoms. The maximum Gasteiger partial charge on any atom is 0.0249 e. The van der Waals surface area contributed by atoms with Crippen LogP contribution in [0.5, 0.6) is 0 Å². The molecule has 0 aromatic carbocycles. The molecule has 2 nitrogen and oxygen atoms in total. The molecule has 0 spiro atoms. The summed E-state index contributed by atoms with van der Waals surface area (Å²) in [5, 5.41) is 3.80. The van der Waals surface area contributed by atoms with Gasteiger partial charge in [-0.25, -0.2) is 0 Å². The normalized spacial score (nSPS) is 34.2. The largest absolute Gasteiger partial charge is 0.313 e. The standard InChI is InChI=1S/C18H36N2/c1-3-16-10-9-14-20(15-13-16)18-12-8-6-5-7-11-17(18)19-4-2/h16-19H,3-15H2,1-2H3. The van der Waals surface area contributed by atoms with Crippen molar-refractivity contribution < 1.29 is 0 Å². The zero-order valence-corrected chi connectivity index (χ0v) is 13.9. The fourth-order valence-electron chi connectivity index (χ4n) is 4.33. The molecular weight excluding hydrogens is 244 g/mol. The molecule has 20 heavy (non-hydrogen) atoms. The molecule has 1 aliphatic carbocycles. The van der Waals surface area contributed by atoms with Crippen LogP contribution in [0.3, 0.4) is 0 Å². The van der Waals surface area contributed by atoms with E-state index in [4.69, 9.17) is 0 Å². The molecule has 3 unspecified atom stereocenters. The first kappa shape index (κ1) is 16.3. The van der Waals surface area contributed by atoms with Crippen LogP contribution in [-0.2, 0) is 0 Å². The van der Waals surface area contributed by atoms with Crippen molar-refractivity contribution in [3.8, 4) is 0 Å². The van der Waals surface area contributed by atoms with Gasteiger partial charge in [-0.1, -0.05) is 46.0 Å². The van der Waals surface area contributed by atoms with Gasteiger partial charge in [0.1, 0.15) is 0 Å². The Kier molecular flexibility index (Phi) is 7.37. The highest BCUT2D eigenvalue weighted by Crippen LogP contribution is 2.27. The first-order valence-corrected chi connectivity index (χ1v) is 9.32. The van der Waals surface area contributed by atoms with E-state index in [1.54, 1.807) is 0 Å². The van der Waals surface area contributed by atoms with Crippen LogP contribution in [0.15, 0.2) is 0 Å². The third kappa shape index (κ3) is 4.73. The Labute approximate surface area is 126 Å². The van der Waals surface area contributed by atoms with Crippen molar-refractivity contribution in [2.75, 3.05) is 19.6 Å². The molecule has 1 saturated heterocycles. The van der Waals surface area contributed by atoms with Crippen LogP contribution in [-0.4, -0.2) is 36.6 Å². The van der Waals surface area contributed by atoms with Crippen molar-refractivity contribution in [2.24, 2.45) is 5.92 Å². The molecule has 118 valence electrons. The molecule has 2 fully saturated rings. The minimum Gasteiger partial charge on any atom is -0.313 e. The molecule has 1 saturated carbocycles. The van der Waals surface area contributed by atoms with Crippen LogP contribution in [0.2, 0.25) is 0 Å². The van der Waals surface area contributed by atoms with Crippen LogP contribution in [0, 0.1) is 5.92 Å². The van der Waals surface area contributed by atoms with Crippen molar-refractivity contribution in [3.05, 3.63) is 0 Å². The molecule has 0 aromatic rings. The lowest BCUT2D eigenvalue weighted by Gasteiger charge is -2.38. The maximum atomic E-state index is 3.80. The van der Waals surface area contributed by atoms with Gasteiger partial charge in [-0.15, -0.1) is 0 Å². The summed E-state index contributed by atoms with van der Waals surface area (Å²) in [6.07, 6.45) is 14.3. The van der Waals surface area contributed by atoms with Crippen molar-refractivity contribution in [1.82, 2.24) is 10.2 Å². The van der Waals surface area contributed by atoms with Gasteiger partial charge in [-0.2, -0.15) is 0 Å². The average molecular weight is 281 g/mol. The van der Waals surface area contributed by atoms with Crippen LogP contribution in [0.1, 0.15) is 78.1 Å². The van der Waals surface area contributed by atoms with Gasteiger partial charge >= 0.3 is 0 Å². The highest BCUT2D eigenvalue weighted by Gasteiger charge is 2.29. The van der Waals surface area contributed by atoms with Gasteiger partial charge in [0.15, 0.2) is 0 Å². The molecule has 3 atom stereocenters. The third-order valence-electron chi connectivity index (χ3n) is 5.62. The van der Waals surface area contributed by atoms with Gasteiger partial charge in [-0.3, -0.25) is 4.90 Å². The second-order valence-corrected chi connectivity index (χ2v) is 6.96. The van der Waals surface area contributed by atoms with Crippen LogP contribution in [0.25, 0.3) is 0 Å². The van der Waals surface area contributed by atoms with E-state index >= 15 is 0 Å². The number of hydrogen-bond donors (Lipinski definition) is 1. The fraction of sp³-hybridized carbons (Fsp3) is 1.00. The molecule has 2 aliphatic rings. The number of likely N-dealkylation sites (N-methyl/N-ethyl adjacent to an activating group) is 1. The van der Waals surface area contributed by atoms with Gasteiger partial charge in [0, 0.05) is 12.1 Å². The third-order valence-corrected chi connectivity index (χ3v) is 5.62. The summed E-state index contributed by atoms with van der Waals surface area (Å²) in [4.78, 5) is 2.86. The van der Waals surface area contributed by atoms with Crippen molar-refractivity contribution >= 4 is 0 Å². The molecule has 0 radical (unpaired) electrons. The lowest BCUT2D eigenvalue weighted by molar-refractivity contribution is 0.136. The van der Waals surface area contributed by atoms with Crippen molar-refractivity contribution in [2.45, 2.75) is 90.1 Å². The van der Waals surface area contributed by atoms with Crippen LogP contribution in [0.4, 0.5) is 0 Å². The summed E-state index contributed by atoms with van der Waals surface area (Å²) in [6, 6.07) is 1.56. The van der Waals surface area contributed by atoms with E-state index in [0.29, 0.717) is 0 Å². The van der Waals surface area contributed by atoms with Crippen LogP contribution < -0.4 is 5.32 Å². The zero-order valence-electron chi connectivity index (χ0n) is 13.9. The number of likely N-dealkylation sites (tertiary alicyclic amines) is 1. The van der Waals surface area contributed by atoms with E-state index in [1.807, 2.05) is 0 Å². The predicted molar refractivity (Wildman–Crippen MR) is 88.2 cm³/mol. The molecule has 0 aromatic heterocycles. The van der Waals surface area contributed by atoms with E-state index < -0.39 is 0 Å². The van der Waals surface area contributed by atoms with Gasteiger partial charge in [0.2, 0.25) is 0 Å². The predicted octanol–water partition coefficient (Wildman–Crippen LogP) is 4.20. The zero-order chi connectivity index (χ0) is 14.2. The van der Waals surface area contributed by atoms with Gasteiger partial charge in [-0.05, 0) is 57.7 Å². The molecule has 2 rings (SSSR count). The topological polar surface area (TPSA) is 15.3 Å².